The lowest BCUT2D eigenvalue weighted by molar-refractivity contribution is -0.118. The van der Waals surface area contributed by atoms with E-state index in [1.807, 2.05) is 0 Å². The van der Waals surface area contributed by atoms with Crippen molar-refractivity contribution in [2.75, 3.05) is 7.11 Å². The second kappa shape index (κ2) is 7.46. The minimum absolute atomic E-state index is 0.0527. The second-order valence-electron chi connectivity index (χ2n) is 6.66. The summed E-state index contributed by atoms with van der Waals surface area (Å²) in [7, 11) is 1.53. The molecule has 0 aliphatic rings. The van der Waals surface area contributed by atoms with Crippen molar-refractivity contribution in [2.24, 2.45) is 0 Å². The number of hydrogen-bond acceptors (Lipinski definition) is 4. The Balaban J connectivity index is 1.64. The summed E-state index contributed by atoms with van der Waals surface area (Å²) in [4.78, 5) is 29.4. The highest BCUT2D eigenvalue weighted by Crippen LogP contribution is 2.18. The molecule has 0 bridgehead atoms. The first-order valence-corrected chi connectivity index (χ1v) is 8.96. The van der Waals surface area contributed by atoms with Crippen LogP contribution in [0.25, 0.3) is 16.6 Å². The van der Waals surface area contributed by atoms with Crippen molar-refractivity contribution in [1.82, 2.24) is 14.0 Å². The number of nitrogens with zero attached hydrogens (tertiary/aromatic N) is 3. The largest absolute Gasteiger partial charge is 0.495 e. The van der Waals surface area contributed by atoms with Gasteiger partial charge >= 0.3 is 0 Å². The molecule has 8 heteroatoms. The van der Waals surface area contributed by atoms with E-state index in [0.29, 0.717) is 22.5 Å². The van der Waals surface area contributed by atoms with Crippen LogP contribution in [0.4, 0.5) is 8.78 Å². The fourth-order valence-electron chi connectivity index (χ4n) is 3.34. The van der Waals surface area contributed by atoms with E-state index in [4.69, 9.17) is 4.74 Å². The van der Waals surface area contributed by atoms with Crippen molar-refractivity contribution in [1.29, 1.82) is 0 Å². The second-order valence-corrected chi connectivity index (χ2v) is 6.66. The van der Waals surface area contributed by atoms with Crippen molar-refractivity contribution in [3.8, 4) is 5.75 Å². The molecule has 0 amide bonds. The van der Waals surface area contributed by atoms with Gasteiger partial charge in [-0.05, 0) is 30.3 Å². The zero-order chi connectivity index (χ0) is 20.5. The van der Waals surface area contributed by atoms with E-state index in [1.165, 1.54) is 46.7 Å². The van der Waals surface area contributed by atoms with Crippen LogP contribution in [0.3, 0.4) is 0 Å². The summed E-state index contributed by atoms with van der Waals surface area (Å²) in [6, 6.07) is 8.48. The summed E-state index contributed by atoms with van der Waals surface area (Å²) in [5.74, 6) is -0.618. The van der Waals surface area contributed by atoms with Gasteiger partial charge in [-0.15, -0.1) is 0 Å². The van der Waals surface area contributed by atoms with Crippen LogP contribution in [-0.2, 0) is 17.8 Å². The zero-order valence-corrected chi connectivity index (χ0v) is 15.6. The summed E-state index contributed by atoms with van der Waals surface area (Å²) in [5.41, 5.74) is 1.01. The molecule has 0 aliphatic heterocycles. The molecule has 4 rings (SSSR count). The third kappa shape index (κ3) is 3.61. The van der Waals surface area contributed by atoms with Gasteiger partial charge in [0.25, 0.3) is 5.56 Å². The van der Waals surface area contributed by atoms with E-state index in [-0.39, 0.29) is 30.7 Å². The molecule has 0 saturated heterocycles. The van der Waals surface area contributed by atoms with Crippen LogP contribution in [0.2, 0.25) is 0 Å². The van der Waals surface area contributed by atoms with Crippen molar-refractivity contribution in [2.45, 2.75) is 19.4 Å². The Morgan fingerprint density at radius 1 is 1.07 bits per heavy atom. The smallest absolute Gasteiger partial charge is 0.275 e. The zero-order valence-electron chi connectivity index (χ0n) is 15.6. The van der Waals surface area contributed by atoms with Crippen LogP contribution in [0.1, 0.15) is 12.1 Å². The third-order valence-corrected chi connectivity index (χ3v) is 4.76. The minimum atomic E-state index is -0.563. The normalized spacial score (nSPS) is 11.3. The number of Topliss-reactive ketones (excluding diaryl/α,β-unsaturated/α-hetero) is 1. The Morgan fingerprint density at radius 3 is 2.59 bits per heavy atom. The molecule has 29 heavy (non-hydrogen) atoms. The Morgan fingerprint density at radius 2 is 1.86 bits per heavy atom. The molecule has 6 nitrogen and oxygen atoms in total. The van der Waals surface area contributed by atoms with Crippen LogP contribution in [0.15, 0.2) is 53.6 Å². The van der Waals surface area contributed by atoms with Crippen LogP contribution in [0.5, 0.6) is 5.75 Å². The van der Waals surface area contributed by atoms with E-state index in [0.717, 1.165) is 6.07 Å². The molecule has 0 atom stereocenters. The monoisotopic (exact) mass is 397 g/mol. The lowest BCUT2D eigenvalue weighted by Gasteiger charge is -2.12. The molecular formula is C21H17F2N3O3. The van der Waals surface area contributed by atoms with Gasteiger partial charge in [-0.1, -0.05) is 0 Å². The van der Waals surface area contributed by atoms with E-state index >= 15 is 0 Å². The Kier molecular flexibility index (Phi) is 4.84. The summed E-state index contributed by atoms with van der Waals surface area (Å²) >= 11 is 0. The summed E-state index contributed by atoms with van der Waals surface area (Å²) < 4.78 is 35.3. The molecule has 1 aromatic carbocycles. The van der Waals surface area contributed by atoms with Crippen LogP contribution in [0, 0.1) is 11.6 Å². The first-order valence-electron chi connectivity index (χ1n) is 8.96. The molecular weight excluding hydrogens is 380 g/mol. The number of pyridine rings is 1. The van der Waals surface area contributed by atoms with Crippen molar-refractivity contribution in [3.05, 3.63) is 76.5 Å². The van der Waals surface area contributed by atoms with E-state index < -0.39 is 17.2 Å². The van der Waals surface area contributed by atoms with Crippen LogP contribution < -0.4 is 10.3 Å². The molecule has 148 valence electrons. The number of ether oxygens (including phenoxy) is 1. The standard InChI is InChI=1S/C21H17F2N3O3/c1-29-17-4-3-15(24-11-17)10-16(27)6-7-25-19-8-13(22)2-5-18(19)26-12-14(23)9-20(26)21(25)28/h2-5,8-9,11-12H,6-7,10H2,1H3. The average molecular weight is 397 g/mol. The van der Waals surface area contributed by atoms with Crippen molar-refractivity contribution >= 4 is 22.3 Å². The number of fused-ring (bicyclic) bond motifs is 3. The van der Waals surface area contributed by atoms with Crippen molar-refractivity contribution in [3.63, 3.8) is 0 Å². The maximum absolute atomic E-state index is 13.8. The van der Waals surface area contributed by atoms with Gasteiger partial charge < -0.3 is 13.7 Å². The maximum atomic E-state index is 13.8. The number of carbonyl (C=O) groups excluding carboxylic acids is 1. The predicted octanol–water partition coefficient (Wildman–Crippen LogP) is 3.14. The summed E-state index contributed by atoms with van der Waals surface area (Å²) in [6.07, 6.45) is 2.87. The van der Waals surface area contributed by atoms with Crippen LogP contribution >= 0.6 is 0 Å². The maximum Gasteiger partial charge on any atom is 0.275 e. The predicted molar refractivity (Wildman–Crippen MR) is 103 cm³/mol. The first kappa shape index (κ1) is 18.8. The molecule has 0 spiro atoms. The molecule has 0 unspecified atom stereocenters. The fourth-order valence-corrected chi connectivity index (χ4v) is 3.34. The Bertz CT molecular complexity index is 1280. The number of ketones is 1. The Hall–Kier alpha value is -3.55. The average Bonchev–Trinajstić information content (AvgIpc) is 3.10. The SMILES string of the molecule is COc1ccc(CC(=O)CCn2c(=O)c3cc(F)cn3c3ccc(F)cc32)nc1. The van der Waals surface area contributed by atoms with Gasteiger partial charge in [-0.3, -0.25) is 14.6 Å². The first-order chi connectivity index (χ1) is 14.0. The number of methoxy groups -OCH3 is 1. The van der Waals surface area contributed by atoms with E-state index in [2.05, 4.69) is 4.98 Å². The molecule has 0 radical (unpaired) electrons. The van der Waals surface area contributed by atoms with Crippen LogP contribution in [-0.4, -0.2) is 26.8 Å². The minimum Gasteiger partial charge on any atom is -0.495 e. The molecule has 0 saturated carbocycles. The highest BCUT2D eigenvalue weighted by atomic mass is 19.1. The van der Waals surface area contributed by atoms with Gasteiger partial charge in [0.2, 0.25) is 0 Å². The molecule has 4 aromatic rings. The quantitative estimate of drug-likeness (QED) is 0.501. The third-order valence-electron chi connectivity index (χ3n) is 4.76. The van der Waals surface area contributed by atoms with E-state index in [9.17, 15) is 18.4 Å². The van der Waals surface area contributed by atoms with E-state index in [1.54, 1.807) is 12.1 Å². The molecule has 0 fully saturated rings. The summed E-state index contributed by atoms with van der Waals surface area (Å²) in [6.45, 7) is 0.0527. The fraction of sp³-hybridized carbons (Fsp3) is 0.190. The number of benzene rings is 1. The lowest BCUT2D eigenvalue weighted by Crippen LogP contribution is -2.24. The molecule has 0 aliphatic carbocycles. The lowest BCUT2D eigenvalue weighted by atomic mass is 10.1. The van der Waals surface area contributed by atoms with Gasteiger partial charge in [0, 0.05) is 37.3 Å². The van der Waals surface area contributed by atoms with Gasteiger partial charge in [-0.2, -0.15) is 0 Å². The van der Waals surface area contributed by atoms with Crippen molar-refractivity contribution < 1.29 is 18.3 Å². The number of rotatable bonds is 6. The molecule has 3 aromatic heterocycles. The summed E-state index contributed by atoms with van der Waals surface area (Å²) in [5, 5.41) is 0. The topological polar surface area (TPSA) is 65.6 Å². The molecule has 3 heterocycles. The van der Waals surface area contributed by atoms with Gasteiger partial charge in [0.1, 0.15) is 28.7 Å². The number of hydrogen-bond donors (Lipinski definition) is 0. The number of carbonyl (C=O) groups is 1. The van der Waals surface area contributed by atoms with Gasteiger partial charge in [0.15, 0.2) is 0 Å². The molecule has 0 N–H and O–H groups in total. The highest BCUT2D eigenvalue weighted by molar-refractivity contribution is 5.82. The van der Waals surface area contributed by atoms with Gasteiger partial charge in [0.05, 0.1) is 24.3 Å². The highest BCUT2D eigenvalue weighted by Gasteiger charge is 2.15. The number of aryl methyl sites for hydroxylation is 1. The van der Waals surface area contributed by atoms with Gasteiger partial charge in [-0.25, -0.2) is 8.78 Å². The Labute approximate surface area is 164 Å². The number of halogens is 2. The number of aromatic nitrogens is 3.